The SMILES string of the molecule is C#CCN(CCC)c1ccc(C(C)NC)nc1. The lowest BCUT2D eigenvalue weighted by Gasteiger charge is -2.21. The van der Waals surface area contributed by atoms with E-state index in [2.05, 4.69) is 47.1 Å². The van der Waals surface area contributed by atoms with Gasteiger partial charge in [-0.25, -0.2) is 0 Å². The van der Waals surface area contributed by atoms with Crippen LogP contribution in [0.4, 0.5) is 5.69 Å². The van der Waals surface area contributed by atoms with Gasteiger partial charge in [0.2, 0.25) is 0 Å². The summed E-state index contributed by atoms with van der Waals surface area (Å²) in [6, 6.07) is 4.41. The normalized spacial score (nSPS) is 11.9. The van der Waals surface area contributed by atoms with Crippen LogP contribution in [0.1, 0.15) is 32.0 Å². The molecule has 0 radical (unpaired) electrons. The molecule has 3 nitrogen and oxygen atoms in total. The fourth-order valence-corrected chi connectivity index (χ4v) is 1.67. The molecule has 0 aliphatic heterocycles. The number of terminal acetylenes is 1. The number of nitrogens with one attached hydrogen (secondary N) is 1. The fourth-order valence-electron chi connectivity index (χ4n) is 1.67. The zero-order valence-electron chi connectivity index (χ0n) is 10.9. The molecule has 0 bridgehead atoms. The number of nitrogens with zero attached hydrogens (tertiary/aromatic N) is 2. The van der Waals surface area contributed by atoms with Gasteiger partial charge in [0, 0.05) is 12.6 Å². The summed E-state index contributed by atoms with van der Waals surface area (Å²) in [5.74, 6) is 2.69. The number of rotatable bonds is 6. The van der Waals surface area contributed by atoms with Crippen molar-refractivity contribution < 1.29 is 0 Å². The van der Waals surface area contributed by atoms with Crippen LogP contribution in [0.5, 0.6) is 0 Å². The standard InChI is InChI=1S/C14H21N3/c1-5-9-17(10-6-2)13-7-8-14(16-11-13)12(3)15-4/h1,7-8,11-12,15H,6,9-10H2,2-4H3. The maximum Gasteiger partial charge on any atom is 0.0792 e. The smallest absolute Gasteiger partial charge is 0.0792 e. The van der Waals surface area contributed by atoms with E-state index in [0.717, 1.165) is 24.3 Å². The molecule has 1 aromatic heterocycles. The van der Waals surface area contributed by atoms with Crippen molar-refractivity contribution in [3.05, 3.63) is 24.0 Å². The third-order valence-corrected chi connectivity index (χ3v) is 2.79. The Morgan fingerprint density at radius 3 is 2.76 bits per heavy atom. The summed E-state index contributed by atoms with van der Waals surface area (Å²) in [5.41, 5.74) is 2.14. The van der Waals surface area contributed by atoms with Gasteiger partial charge in [0.1, 0.15) is 0 Å². The van der Waals surface area contributed by atoms with Gasteiger partial charge in [-0.05, 0) is 32.5 Å². The van der Waals surface area contributed by atoms with E-state index < -0.39 is 0 Å². The molecule has 1 aromatic rings. The van der Waals surface area contributed by atoms with Crippen molar-refractivity contribution in [3.63, 3.8) is 0 Å². The van der Waals surface area contributed by atoms with Crippen molar-refractivity contribution in [2.75, 3.05) is 25.0 Å². The van der Waals surface area contributed by atoms with E-state index in [9.17, 15) is 0 Å². The highest BCUT2D eigenvalue weighted by molar-refractivity contribution is 5.45. The summed E-state index contributed by atoms with van der Waals surface area (Å²) in [6.45, 7) is 5.84. The Morgan fingerprint density at radius 2 is 2.29 bits per heavy atom. The third-order valence-electron chi connectivity index (χ3n) is 2.79. The number of anilines is 1. The zero-order chi connectivity index (χ0) is 12.7. The average molecular weight is 231 g/mol. The summed E-state index contributed by atoms with van der Waals surface area (Å²) in [6.07, 6.45) is 8.35. The first-order chi connectivity index (χ1) is 8.22. The zero-order valence-corrected chi connectivity index (χ0v) is 10.9. The summed E-state index contributed by atoms with van der Waals surface area (Å²) < 4.78 is 0. The van der Waals surface area contributed by atoms with E-state index in [4.69, 9.17) is 6.42 Å². The molecule has 0 saturated carbocycles. The lowest BCUT2D eigenvalue weighted by Crippen LogP contribution is -2.24. The highest BCUT2D eigenvalue weighted by Gasteiger charge is 2.07. The Labute approximate surface area is 104 Å². The van der Waals surface area contributed by atoms with Gasteiger partial charge in [-0.2, -0.15) is 0 Å². The quantitative estimate of drug-likeness (QED) is 0.761. The molecular weight excluding hydrogens is 210 g/mol. The molecule has 0 spiro atoms. The van der Waals surface area contributed by atoms with Crippen LogP contribution in [-0.4, -0.2) is 25.1 Å². The second-order valence-corrected chi connectivity index (χ2v) is 4.08. The number of hydrogen-bond acceptors (Lipinski definition) is 3. The van der Waals surface area contributed by atoms with Crippen molar-refractivity contribution >= 4 is 5.69 Å². The van der Waals surface area contributed by atoms with Gasteiger partial charge in [-0.3, -0.25) is 4.98 Å². The molecule has 1 atom stereocenters. The fraction of sp³-hybridized carbons (Fsp3) is 0.500. The van der Waals surface area contributed by atoms with E-state index in [0.29, 0.717) is 6.54 Å². The van der Waals surface area contributed by atoms with Gasteiger partial charge < -0.3 is 10.2 Å². The Morgan fingerprint density at radius 1 is 1.53 bits per heavy atom. The van der Waals surface area contributed by atoms with Crippen LogP contribution in [-0.2, 0) is 0 Å². The first kappa shape index (κ1) is 13.5. The topological polar surface area (TPSA) is 28.2 Å². The summed E-state index contributed by atoms with van der Waals surface area (Å²) in [7, 11) is 1.93. The van der Waals surface area contributed by atoms with E-state index in [1.165, 1.54) is 0 Å². The predicted molar refractivity (Wildman–Crippen MR) is 73.0 cm³/mol. The largest absolute Gasteiger partial charge is 0.359 e. The molecular formula is C14H21N3. The number of hydrogen-bond donors (Lipinski definition) is 1. The van der Waals surface area contributed by atoms with Gasteiger partial charge in [0.05, 0.1) is 24.1 Å². The number of pyridine rings is 1. The maximum atomic E-state index is 5.37. The molecule has 1 heterocycles. The van der Waals surface area contributed by atoms with Crippen molar-refractivity contribution in [1.82, 2.24) is 10.3 Å². The molecule has 17 heavy (non-hydrogen) atoms. The summed E-state index contributed by atoms with van der Waals surface area (Å²) in [5, 5.41) is 3.17. The van der Waals surface area contributed by atoms with Gasteiger partial charge >= 0.3 is 0 Å². The van der Waals surface area contributed by atoms with Gasteiger partial charge in [0.15, 0.2) is 0 Å². The second kappa shape index (κ2) is 6.93. The highest BCUT2D eigenvalue weighted by Crippen LogP contribution is 2.16. The highest BCUT2D eigenvalue weighted by atomic mass is 15.1. The van der Waals surface area contributed by atoms with Gasteiger partial charge in [-0.1, -0.05) is 12.8 Å². The molecule has 1 rings (SSSR count). The molecule has 1 unspecified atom stereocenters. The summed E-state index contributed by atoms with van der Waals surface area (Å²) >= 11 is 0. The Kier molecular flexibility index (Phi) is 5.51. The lowest BCUT2D eigenvalue weighted by molar-refractivity contribution is 0.632. The third kappa shape index (κ3) is 3.76. The Hall–Kier alpha value is -1.53. The lowest BCUT2D eigenvalue weighted by atomic mass is 10.2. The molecule has 0 fully saturated rings. The van der Waals surface area contributed by atoms with Crippen LogP contribution in [0.2, 0.25) is 0 Å². The van der Waals surface area contributed by atoms with Gasteiger partial charge in [-0.15, -0.1) is 6.42 Å². The maximum absolute atomic E-state index is 5.37. The van der Waals surface area contributed by atoms with Crippen LogP contribution < -0.4 is 10.2 Å². The minimum atomic E-state index is 0.274. The minimum absolute atomic E-state index is 0.274. The minimum Gasteiger partial charge on any atom is -0.359 e. The molecule has 0 aromatic carbocycles. The van der Waals surface area contributed by atoms with Crippen LogP contribution >= 0.6 is 0 Å². The van der Waals surface area contributed by atoms with Crippen molar-refractivity contribution in [3.8, 4) is 12.3 Å². The monoisotopic (exact) mass is 231 g/mol. The van der Waals surface area contributed by atoms with Gasteiger partial charge in [0.25, 0.3) is 0 Å². The van der Waals surface area contributed by atoms with Crippen LogP contribution in [0.3, 0.4) is 0 Å². The first-order valence-corrected chi connectivity index (χ1v) is 6.04. The molecule has 0 aliphatic rings. The van der Waals surface area contributed by atoms with Crippen LogP contribution in [0.25, 0.3) is 0 Å². The van der Waals surface area contributed by atoms with Crippen molar-refractivity contribution in [1.29, 1.82) is 0 Å². The molecule has 92 valence electrons. The first-order valence-electron chi connectivity index (χ1n) is 6.04. The Bertz CT molecular complexity index is 364. The van der Waals surface area contributed by atoms with Crippen molar-refractivity contribution in [2.24, 2.45) is 0 Å². The van der Waals surface area contributed by atoms with E-state index >= 15 is 0 Å². The van der Waals surface area contributed by atoms with E-state index in [-0.39, 0.29) is 6.04 Å². The van der Waals surface area contributed by atoms with E-state index in [1.54, 1.807) is 0 Å². The Balaban J connectivity index is 2.80. The number of aromatic nitrogens is 1. The second-order valence-electron chi connectivity index (χ2n) is 4.08. The predicted octanol–water partition coefficient (Wildman–Crippen LogP) is 2.21. The molecule has 3 heteroatoms. The van der Waals surface area contributed by atoms with E-state index in [1.807, 2.05) is 13.2 Å². The molecule has 0 aliphatic carbocycles. The van der Waals surface area contributed by atoms with Crippen LogP contribution in [0, 0.1) is 12.3 Å². The average Bonchev–Trinajstić information content (AvgIpc) is 2.38. The molecule has 0 saturated heterocycles. The molecule has 0 amide bonds. The van der Waals surface area contributed by atoms with Crippen LogP contribution in [0.15, 0.2) is 18.3 Å². The molecule has 1 N–H and O–H groups in total. The summed E-state index contributed by atoms with van der Waals surface area (Å²) in [4.78, 5) is 6.63. The van der Waals surface area contributed by atoms with Crippen molar-refractivity contribution in [2.45, 2.75) is 26.3 Å².